The van der Waals surface area contributed by atoms with E-state index in [1.807, 2.05) is 6.08 Å². The van der Waals surface area contributed by atoms with Crippen LogP contribution < -0.4 is 5.32 Å². The first-order valence-electron chi connectivity index (χ1n) is 40.1. The average Bonchev–Trinajstić information content (AvgIpc) is 0.781. The zero-order chi connectivity index (χ0) is 73.9. The van der Waals surface area contributed by atoms with Gasteiger partial charge < -0.3 is 89.9 Å². The largest absolute Gasteiger partial charge is 0.394 e. The minimum absolute atomic E-state index is 0.232. The molecule has 0 saturated carbocycles. The molecule has 3 aliphatic rings. The lowest BCUT2D eigenvalue weighted by molar-refractivity contribution is -0.379. The fourth-order valence-corrected chi connectivity index (χ4v) is 12.9. The maximum Gasteiger partial charge on any atom is 0.220 e. The Labute approximate surface area is 615 Å². The van der Waals surface area contributed by atoms with E-state index < -0.39 is 124 Å². The van der Waals surface area contributed by atoms with Crippen molar-refractivity contribution in [2.75, 3.05) is 26.4 Å². The lowest BCUT2D eigenvalue weighted by Gasteiger charge is -2.48. The zero-order valence-electron chi connectivity index (χ0n) is 62.8. The van der Waals surface area contributed by atoms with Gasteiger partial charge in [0.25, 0.3) is 0 Å². The summed E-state index contributed by atoms with van der Waals surface area (Å²) >= 11 is 0. The van der Waals surface area contributed by atoms with Crippen molar-refractivity contribution in [1.82, 2.24) is 5.32 Å². The van der Waals surface area contributed by atoms with E-state index in [-0.39, 0.29) is 18.9 Å². The number of unbranched alkanes of at least 4 members (excludes halogenated alkanes) is 30. The second kappa shape index (κ2) is 62.5. The molecule has 12 N–H and O–H groups in total. The van der Waals surface area contributed by atoms with Gasteiger partial charge in [0.2, 0.25) is 5.91 Å². The van der Waals surface area contributed by atoms with Crippen LogP contribution in [0.3, 0.4) is 0 Å². The Morgan fingerprint density at radius 2 is 0.676 bits per heavy atom. The highest BCUT2D eigenvalue weighted by Gasteiger charge is 2.54. The van der Waals surface area contributed by atoms with Crippen molar-refractivity contribution in [3.8, 4) is 0 Å². The molecule has 0 aromatic rings. The van der Waals surface area contributed by atoms with Crippen molar-refractivity contribution >= 4 is 5.91 Å². The summed E-state index contributed by atoms with van der Waals surface area (Å²) in [6.07, 6.45) is 59.1. The fraction of sp³-hybridized carbons (Fsp3) is 0.771. The molecule has 3 saturated heterocycles. The van der Waals surface area contributed by atoms with Gasteiger partial charge in [-0.2, -0.15) is 0 Å². The number of ether oxygens (including phenoxy) is 6. The third-order valence-electron chi connectivity index (χ3n) is 19.3. The predicted molar refractivity (Wildman–Crippen MR) is 406 cm³/mol. The van der Waals surface area contributed by atoms with E-state index in [0.717, 1.165) is 109 Å². The summed E-state index contributed by atoms with van der Waals surface area (Å²) in [5.74, 6) is -0.282. The molecule has 0 radical (unpaired) electrons. The molecule has 17 atom stereocenters. The van der Waals surface area contributed by atoms with Gasteiger partial charge in [0.1, 0.15) is 73.2 Å². The van der Waals surface area contributed by atoms with Gasteiger partial charge in [-0.1, -0.05) is 297 Å². The van der Waals surface area contributed by atoms with Crippen LogP contribution in [0.1, 0.15) is 277 Å². The van der Waals surface area contributed by atoms with Gasteiger partial charge in [-0.15, -0.1) is 0 Å². The van der Waals surface area contributed by atoms with Crippen LogP contribution >= 0.6 is 0 Å². The Morgan fingerprint density at radius 3 is 1.06 bits per heavy atom. The van der Waals surface area contributed by atoms with Gasteiger partial charge in [0, 0.05) is 6.42 Å². The molecule has 3 heterocycles. The van der Waals surface area contributed by atoms with Gasteiger partial charge in [0.05, 0.1) is 38.6 Å². The van der Waals surface area contributed by atoms with Crippen LogP contribution in [0.25, 0.3) is 0 Å². The number of nitrogens with one attached hydrogen (secondary N) is 1. The fourth-order valence-electron chi connectivity index (χ4n) is 12.9. The van der Waals surface area contributed by atoms with E-state index in [0.29, 0.717) is 6.42 Å². The standard InChI is InChI=1S/C83H143NO18/c1-3-5-7-9-11-13-15-17-19-21-23-25-27-28-29-30-31-32-33-34-35-36-37-38-39-41-43-45-47-49-51-53-55-57-59-61-71(89)84-66(67(88)60-58-56-54-52-50-48-46-44-42-40-26-24-22-20-18-16-14-12-10-8-6-4-2)65-97-81-77(95)74(92)79(69(63-86)99-81)102-83-78(96)75(93)80(70(64-87)100-83)101-82-76(94)73(91)72(90)68(62-85)98-82/h5,7,11,13,17,19,23,25,28-29,31-32,34-35,37-38,58,60,66-70,72-83,85-88,90-96H,3-4,6,8-10,12,14-16,18,20-22,24,26-27,30,33,36,39-57,59,61-65H2,1-2H3,(H,84,89)/b7-5-,13-11-,19-17-,25-23-,29-28-,32-31-,35-34-,38-37-,60-58+. The Morgan fingerprint density at radius 1 is 0.363 bits per heavy atom. The Balaban J connectivity index is 1.37. The number of carbonyl (C=O) groups is 1. The monoisotopic (exact) mass is 1440 g/mol. The number of hydrogen-bond acceptors (Lipinski definition) is 18. The van der Waals surface area contributed by atoms with E-state index in [1.54, 1.807) is 6.08 Å². The Bertz CT molecular complexity index is 2270. The smallest absolute Gasteiger partial charge is 0.220 e. The maximum atomic E-state index is 13.5. The molecule has 0 aliphatic carbocycles. The molecule has 588 valence electrons. The number of carbonyl (C=O) groups excluding carboxylic acids is 1. The highest BCUT2D eigenvalue weighted by Crippen LogP contribution is 2.33. The molecule has 102 heavy (non-hydrogen) atoms. The second-order valence-electron chi connectivity index (χ2n) is 28.1. The number of aliphatic hydroxyl groups is 11. The van der Waals surface area contributed by atoms with Gasteiger partial charge in [-0.3, -0.25) is 4.79 Å². The van der Waals surface area contributed by atoms with E-state index in [1.165, 1.54) is 141 Å². The predicted octanol–water partition coefficient (Wildman–Crippen LogP) is 13.3. The lowest BCUT2D eigenvalue weighted by atomic mass is 9.96. The Hall–Kier alpha value is -3.55. The van der Waals surface area contributed by atoms with Crippen LogP contribution in [0, 0.1) is 0 Å². The number of allylic oxidation sites excluding steroid dienone is 17. The summed E-state index contributed by atoms with van der Waals surface area (Å²) < 4.78 is 34.4. The number of amides is 1. The lowest BCUT2D eigenvalue weighted by Crippen LogP contribution is -2.66. The van der Waals surface area contributed by atoms with Crippen molar-refractivity contribution in [2.24, 2.45) is 0 Å². The number of aliphatic hydroxyl groups excluding tert-OH is 11. The van der Waals surface area contributed by atoms with Crippen molar-refractivity contribution < 1.29 is 89.4 Å². The molecular formula is C83H143NO18. The minimum atomic E-state index is -1.98. The first-order valence-corrected chi connectivity index (χ1v) is 40.1. The van der Waals surface area contributed by atoms with Crippen LogP contribution in [0.5, 0.6) is 0 Å². The normalized spacial score (nSPS) is 26.8. The topological polar surface area (TPSA) is 307 Å². The molecule has 19 heteroatoms. The highest BCUT2D eigenvalue weighted by atomic mass is 16.8. The molecule has 0 aromatic carbocycles. The summed E-state index contributed by atoms with van der Waals surface area (Å²) in [6.45, 7) is 1.64. The summed E-state index contributed by atoms with van der Waals surface area (Å²) in [5.41, 5.74) is 0. The molecule has 0 spiro atoms. The van der Waals surface area contributed by atoms with Crippen LogP contribution in [-0.4, -0.2) is 193 Å². The molecule has 3 fully saturated rings. The molecule has 17 unspecified atom stereocenters. The summed E-state index contributed by atoms with van der Waals surface area (Å²) in [6, 6.07) is -0.984. The van der Waals surface area contributed by atoms with Crippen molar-refractivity contribution in [3.05, 3.63) is 109 Å². The first-order chi connectivity index (χ1) is 49.8. The van der Waals surface area contributed by atoms with Gasteiger partial charge >= 0.3 is 0 Å². The summed E-state index contributed by atoms with van der Waals surface area (Å²) in [4.78, 5) is 13.5. The maximum absolute atomic E-state index is 13.5. The highest BCUT2D eigenvalue weighted by molar-refractivity contribution is 5.76. The molecular weight excluding hydrogens is 1300 g/mol. The van der Waals surface area contributed by atoms with Crippen LogP contribution in [0.2, 0.25) is 0 Å². The average molecular weight is 1440 g/mol. The SMILES string of the molecule is CC/C=C\C/C=C\C/C=C\C/C=C\C/C=C\C/C=C\C/C=C\C/C=C\CCCCCCCCCCCCC(=O)NC(COC1OC(CO)C(OC2OC(CO)C(OC3OC(CO)C(O)C(O)C3O)C(O)C2O)C(O)C1O)C(O)/C=C/CCCCCCCCCCCCCCCCCCCCCC. The quantitative estimate of drug-likeness (QED) is 0.0199. The molecule has 19 nitrogen and oxygen atoms in total. The van der Waals surface area contributed by atoms with Crippen molar-refractivity contribution in [3.63, 3.8) is 0 Å². The zero-order valence-corrected chi connectivity index (χ0v) is 62.8. The van der Waals surface area contributed by atoms with Gasteiger partial charge in [0.15, 0.2) is 18.9 Å². The van der Waals surface area contributed by atoms with Gasteiger partial charge in [-0.25, -0.2) is 0 Å². The Kier molecular flexibility index (Phi) is 56.8. The van der Waals surface area contributed by atoms with Crippen molar-refractivity contribution in [2.45, 2.75) is 381 Å². The summed E-state index contributed by atoms with van der Waals surface area (Å²) in [5, 5.41) is 121. The third kappa shape index (κ3) is 42.1. The van der Waals surface area contributed by atoms with Crippen LogP contribution in [0.4, 0.5) is 0 Å². The third-order valence-corrected chi connectivity index (χ3v) is 19.3. The minimum Gasteiger partial charge on any atom is -0.394 e. The summed E-state index contributed by atoms with van der Waals surface area (Å²) in [7, 11) is 0. The van der Waals surface area contributed by atoms with E-state index in [9.17, 15) is 61.0 Å². The molecule has 0 bridgehead atoms. The number of rotatable bonds is 62. The second-order valence-corrected chi connectivity index (χ2v) is 28.1. The van der Waals surface area contributed by atoms with E-state index in [4.69, 9.17) is 28.4 Å². The van der Waals surface area contributed by atoms with E-state index >= 15 is 0 Å². The molecule has 3 rings (SSSR count). The molecule has 3 aliphatic heterocycles. The first kappa shape index (κ1) is 92.7. The van der Waals surface area contributed by atoms with Crippen LogP contribution in [0.15, 0.2) is 109 Å². The van der Waals surface area contributed by atoms with Crippen LogP contribution in [-0.2, 0) is 33.2 Å². The molecule has 1 amide bonds. The molecule has 0 aromatic heterocycles. The van der Waals surface area contributed by atoms with Crippen molar-refractivity contribution in [1.29, 1.82) is 0 Å². The van der Waals surface area contributed by atoms with E-state index in [2.05, 4.69) is 116 Å². The number of hydrogen-bond donors (Lipinski definition) is 12. The van der Waals surface area contributed by atoms with Gasteiger partial charge in [-0.05, 0) is 83.5 Å².